The average molecular weight is 430 g/mol. The van der Waals surface area contributed by atoms with Crippen molar-refractivity contribution in [3.05, 3.63) is 89.4 Å². The fraction of sp³-hybridized carbons (Fsp3) is 0. The van der Waals surface area contributed by atoms with E-state index in [0.717, 1.165) is 5.69 Å². The highest BCUT2D eigenvalue weighted by molar-refractivity contribution is 7.92. The lowest BCUT2D eigenvalue weighted by molar-refractivity contribution is 0.0978. The van der Waals surface area contributed by atoms with Crippen molar-refractivity contribution in [3.8, 4) is 0 Å². The van der Waals surface area contributed by atoms with Crippen LogP contribution in [0.4, 0.5) is 11.4 Å². The SMILES string of the molecule is O=C(NC(=S)Nc1ccc([S+]([O-])Nc2ccccc2)cc1)c1ccccc1Cl. The van der Waals surface area contributed by atoms with Crippen LogP contribution in [0, 0.1) is 0 Å². The largest absolute Gasteiger partial charge is 0.588 e. The van der Waals surface area contributed by atoms with E-state index in [4.69, 9.17) is 23.8 Å². The molecule has 3 aromatic carbocycles. The zero-order valence-electron chi connectivity index (χ0n) is 14.5. The zero-order chi connectivity index (χ0) is 19.9. The van der Waals surface area contributed by atoms with Gasteiger partial charge in [-0.05, 0) is 60.7 Å². The molecule has 3 N–H and O–H groups in total. The second-order valence-corrected chi connectivity index (χ2v) is 7.68. The van der Waals surface area contributed by atoms with Gasteiger partial charge in [0.15, 0.2) is 10.0 Å². The Bertz CT molecular complexity index is 969. The van der Waals surface area contributed by atoms with Crippen LogP contribution < -0.4 is 15.4 Å². The van der Waals surface area contributed by atoms with Gasteiger partial charge < -0.3 is 9.87 Å². The Hall–Kier alpha value is -2.58. The van der Waals surface area contributed by atoms with E-state index in [2.05, 4.69) is 15.4 Å². The molecule has 0 aliphatic rings. The van der Waals surface area contributed by atoms with Crippen molar-refractivity contribution in [1.29, 1.82) is 0 Å². The molecule has 3 aromatic rings. The molecule has 0 aliphatic carbocycles. The van der Waals surface area contributed by atoms with Gasteiger partial charge in [-0.15, -0.1) is 0 Å². The minimum absolute atomic E-state index is 0.140. The van der Waals surface area contributed by atoms with Crippen LogP contribution in [0.1, 0.15) is 10.4 Å². The molecular weight excluding hydrogens is 414 g/mol. The fourth-order valence-corrected chi connectivity index (χ4v) is 3.60. The van der Waals surface area contributed by atoms with Gasteiger partial charge in [0.05, 0.1) is 16.3 Å². The highest BCUT2D eigenvalue weighted by Crippen LogP contribution is 2.18. The van der Waals surface area contributed by atoms with Crippen molar-refractivity contribution in [2.45, 2.75) is 4.90 Å². The number of hydrogen-bond donors (Lipinski definition) is 3. The first-order valence-electron chi connectivity index (χ1n) is 8.23. The number of amides is 1. The molecule has 0 spiro atoms. The van der Waals surface area contributed by atoms with Gasteiger partial charge in [-0.3, -0.25) is 10.1 Å². The minimum Gasteiger partial charge on any atom is -0.588 e. The quantitative estimate of drug-likeness (QED) is 0.408. The van der Waals surface area contributed by atoms with Crippen LogP contribution in [-0.4, -0.2) is 15.6 Å². The first-order chi connectivity index (χ1) is 13.5. The number of rotatable bonds is 5. The third-order valence-electron chi connectivity index (χ3n) is 3.66. The van der Waals surface area contributed by atoms with Gasteiger partial charge >= 0.3 is 0 Å². The molecule has 0 fully saturated rings. The summed E-state index contributed by atoms with van der Waals surface area (Å²) >= 11 is 9.79. The van der Waals surface area contributed by atoms with E-state index in [9.17, 15) is 9.35 Å². The average Bonchev–Trinajstić information content (AvgIpc) is 2.69. The predicted molar refractivity (Wildman–Crippen MR) is 118 cm³/mol. The minimum atomic E-state index is -1.39. The zero-order valence-corrected chi connectivity index (χ0v) is 16.9. The van der Waals surface area contributed by atoms with E-state index in [0.29, 0.717) is 21.2 Å². The molecule has 5 nitrogen and oxygen atoms in total. The van der Waals surface area contributed by atoms with Gasteiger partial charge in [-0.2, -0.15) is 0 Å². The number of hydrogen-bond acceptors (Lipinski definition) is 4. The maximum absolute atomic E-state index is 12.4. The molecule has 0 radical (unpaired) electrons. The van der Waals surface area contributed by atoms with Crippen molar-refractivity contribution < 1.29 is 9.35 Å². The van der Waals surface area contributed by atoms with Gasteiger partial charge in [0, 0.05) is 5.69 Å². The second kappa shape index (κ2) is 9.57. The van der Waals surface area contributed by atoms with E-state index in [1.54, 1.807) is 48.5 Å². The Balaban J connectivity index is 1.57. The van der Waals surface area contributed by atoms with Gasteiger partial charge in [0.2, 0.25) is 0 Å². The number of halogens is 1. The molecule has 1 atom stereocenters. The van der Waals surface area contributed by atoms with Gasteiger partial charge in [-0.25, -0.2) is 4.72 Å². The van der Waals surface area contributed by atoms with E-state index < -0.39 is 17.3 Å². The predicted octanol–water partition coefficient (Wildman–Crippen LogP) is 4.60. The molecule has 28 heavy (non-hydrogen) atoms. The van der Waals surface area contributed by atoms with E-state index in [-0.39, 0.29) is 5.11 Å². The number of nitrogens with one attached hydrogen (secondary N) is 3. The maximum Gasteiger partial charge on any atom is 0.258 e. The van der Waals surface area contributed by atoms with Crippen LogP contribution in [0.2, 0.25) is 5.02 Å². The lowest BCUT2D eigenvalue weighted by Crippen LogP contribution is -2.34. The third-order valence-corrected chi connectivity index (χ3v) is 5.31. The summed E-state index contributed by atoms with van der Waals surface area (Å²) in [7, 11) is 0. The molecule has 0 bridgehead atoms. The molecule has 8 heteroatoms. The summed E-state index contributed by atoms with van der Waals surface area (Å²) < 4.78 is 15.3. The van der Waals surface area contributed by atoms with Gasteiger partial charge in [-0.1, -0.05) is 41.9 Å². The van der Waals surface area contributed by atoms with Crippen LogP contribution in [0.25, 0.3) is 0 Å². The van der Waals surface area contributed by atoms with Crippen molar-refractivity contribution in [2.24, 2.45) is 0 Å². The van der Waals surface area contributed by atoms with E-state index in [1.807, 2.05) is 30.3 Å². The number of anilines is 2. The van der Waals surface area contributed by atoms with Crippen molar-refractivity contribution >= 4 is 57.6 Å². The number of para-hydroxylation sites is 1. The Kier molecular flexibility index (Phi) is 6.89. The van der Waals surface area contributed by atoms with Crippen LogP contribution in [-0.2, 0) is 11.4 Å². The lowest BCUT2D eigenvalue weighted by atomic mass is 10.2. The molecule has 1 amide bonds. The summed E-state index contributed by atoms with van der Waals surface area (Å²) in [6.07, 6.45) is 0. The molecule has 142 valence electrons. The topological polar surface area (TPSA) is 76.2 Å². The second-order valence-electron chi connectivity index (χ2n) is 5.65. The number of carbonyl (C=O) groups excluding carboxylic acids is 1. The van der Waals surface area contributed by atoms with Gasteiger partial charge in [0.1, 0.15) is 11.4 Å². The molecule has 0 saturated heterocycles. The third kappa shape index (κ3) is 5.46. The summed E-state index contributed by atoms with van der Waals surface area (Å²) in [5, 5.41) is 5.98. The highest BCUT2D eigenvalue weighted by atomic mass is 35.5. The van der Waals surface area contributed by atoms with Crippen LogP contribution in [0.3, 0.4) is 0 Å². The molecule has 1 unspecified atom stereocenters. The Morgan fingerprint density at radius 2 is 1.54 bits per heavy atom. The van der Waals surface area contributed by atoms with Gasteiger partial charge in [0.25, 0.3) is 5.91 Å². The molecule has 3 rings (SSSR count). The monoisotopic (exact) mass is 429 g/mol. The Morgan fingerprint density at radius 3 is 2.21 bits per heavy atom. The summed E-state index contributed by atoms with van der Waals surface area (Å²) in [4.78, 5) is 12.8. The first-order valence-corrected chi connectivity index (χ1v) is 10.2. The Morgan fingerprint density at radius 1 is 0.893 bits per heavy atom. The van der Waals surface area contributed by atoms with Crippen LogP contribution >= 0.6 is 23.8 Å². The summed E-state index contributed by atoms with van der Waals surface area (Å²) in [5.74, 6) is -0.395. The molecular formula is C20H16ClN3O2S2. The smallest absolute Gasteiger partial charge is 0.258 e. The molecule has 0 heterocycles. The maximum atomic E-state index is 12.4. The first kappa shape index (κ1) is 20.2. The van der Waals surface area contributed by atoms with E-state index >= 15 is 0 Å². The summed E-state index contributed by atoms with van der Waals surface area (Å²) in [6.45, 7) is 0. The van der Waals surface area contributed by atoms with Crippen LogP contribution in [0.5, 0.6) is 0 Å². The van der Waals surface area contributed by atoms with Crippen molar-refractivity contribution in [3.63, 3.8) is 0 Å². The molecule has 0 aromatic heterocycles. The molecule has 0 saturated carbocycles. The van der Waals surface area contributed by atoms with Crippen molar-refractivity contribution in [2.75, 3.05) is 10.0 Å². The number of benzene rings is 3. The highest BCUT2D eigenvalue weighted by Gasteiger charge is 2.13. The summed E-state index contributed by atoms with van der Waals surface area (Å²) in [6, 6.07) is 22.9. The fourth-order valence-electron chi connectivity index (χ4n) is 2.31. The summed E-state index contributed by atoms with van der Waals surface area (Å²) in [5.41, 5.74) is 1.77. The number of carbonyl (C=O) groups is 1. The molecule has 0 aliphatic heterocycles. The number of thiocarbonyl (C=S) groups is 1. The van der Waals surface area contributed by atoms with Crippen molar-refractivity contribution in [1.82, 2.24) is 5.32 Å². The van der Waals surface area contributed by atoms with Crippen LogP contribution in [0.15, 0.2) is 83.8 Å². The Labute approximate surface area is 176 Å². The lowest BCUT2D eigenvalue weighted by Gasteiger charge is -2.13. The van der Waals surface area contributed by atoms with E-state index in [1.165, 1.54) is 0 Å². The standard InChI is InChI=1S/C20H16ClN3O2S2/c21-18-9-5-4-8-17(18)19(25)23-20(27)22-14-10-12-16(13-11-14)28(26)24-15-6-2-1-3-7-15/h1-13,24H,(H2,22,23,25,27). The normalized spacial score (nSPS) is 11.4.